The molecule has 0 radical (unpaired) electrons. The molecule has 0 aliphatic rings. The second-order valence-corrected chi connectivity index (χ2v) is 11.0. The van der Waals surface area contributed by atoms with Crippen LogP contribution < -0.4 is 0 Å². The molecule has 7 aromatic rings. The van der Waals surface area contributed by atoms with E-state index in [9.17, 15) is 5.11 Å². The van der Waals surface area contributed by atoms with Gasteiger partial charge in [-0.1, -0.05) is 103 Å². The maximum Gasteiger partial charge on any atom is 0.230 e. The zero-order valence-corrected chi connectivity index (χ0v) is 25.8. The number of nitrogens with zero attached hydrogens (tertiary/aromatic N) is 2. The van der Waals surface area contributed by atoms with Gasteiger partial charge in [0, 0.05) is 42.3 Å². The number of hydrogen-bond donors (Lipinski definition) is 1. The van der Waals surface area contributed by atoms with E-state index in [0.29, 0.717) is 33.6 Å². The molecule has 0 saturated carbocycles. The van der Waals surface area contributed by atoms with Crippen molar-refractivity contribution < 1.29 is 34.7 Å². The molecule has 0 fully saturated rings. The molecule has 5 heteroatoms. The van der Waals surface area contributed by atoms with Crippen LogP contribution in [0.25, 0.3) is 55.7 Å². The molecule has 0 spiro atoms. The third-order valence-corrected chi connectivity index (χ3v) is 7.92. The molecule has 0 bridgehead atoms. The van der Waals surface area contributed by atoms with Crippen molar-refractivity contribution >= 4 is 22.0 Å². The van der Waals surface area contributed by atoms with Gasteiger partial charge in [-0.25, -0.2) is 4.98 Å². The summed E-state index contributed by atoms with van der Waals surface area (Å²) in [7, 11) is 0. The van der Waals surface area contributed by atoms with E-state index in [1.54, 1.807) is 36.5 Å². The van der Waals surface area contributed by atoms with Crippen LogP contribution in [-0.4, -0.2) is 15.1 Å². The first kappa shape index (κ1) is 25.0. The normalized spacial score (nSPS) is 12.8. The zero-order valence-electron chi connectivity index (χ0n) is 26.5. The number of para-hydroxylation sites is 2. The van der Waals surface area contributed by atoms with Crippen LogP contribution in [0, 0.1) is 12.9 Å². The Balaban J connectivity index is 0.00000372. The summed E-state index contributed by atoms with van der Waals surface area (Å²) in [6, 6.07) is 37.9. The molecule has 5 aromatic carbocycles. The molecule has 0 amide bonds. The molecule has 0 saturated heterocycles. The fourth-order valence-corrected chi connectivity index (χ4v) is 5.58. The van der Waals surface area contributed by atoms with Crippen molar-refractivity contribution in [1.82, 2.24) is 9.97 Å². The number of aromatic hydroxyl groups is 1. The third kappa shape index (κ3) is 5.17. The molecule has 214 valence electrons. The first-order valence-corrected chi connectivity index (χ1v) is 13.8. The summed E-state index contributed by atoms with van der Waals surface area (Å²) < 4.78 is 30.7. The summed E-state index contributed by atoms with van der Waals surface area (Å²) in [5, 5.41) is 11.2. The fraction of sp³-hybridized carbons (Fsp3) is 0.105. The Hall–Kier alpha value is -4.53. The van der Waals surface area contributed by atoms with Gasteiger partial charge in [0.1, 0.15) is 11.3 Å². The first-order valence-electron chi connectivity index (χ1n) is 15.3. The minimum absolute atomic E-state index is 0. The van der Waals surface area contributed by atoms with Crippen molar-refractivity contribution in [3.63, 3.8) is 0 Å². The Morgan fingerprint density at radius 2 is 1.49 bits per heavy atom. The average Bonchev–Trinajstić information content (AvgIpc) is 3.48. The van der Waals surface area contributed by atoms with Gasteiger partial charge in [0.25, 0.3) is 0 Å². The molecule has 0 atom stereocenters. The van der Waals surface area contributed by atoms with Gasteiger partial charge < -0.3 is 9.52 Å². The maximum absolute atomic E-state index is 10.5. The Bertz CT molecular complexity index is 2210. The van der Waals surface area contributed by atoms with Gasteiger partial charge >= 0.3 is 0 Å². The zero-order chi connectivity index (χ0) is 31.3. The van der Waals surface area contributed by atoms with E-state index in [1.807, 2.05) is 54.6 Å². The van der Waals surface area contributed by atoms with Crippen LogP contribution in [0.1, 0.15) is 34.7 Å². The summed E-state index contributed by atoms with van der Waals surface area (Å²) >= 11 is 0. The van der Waals surface area contributed by atoms with E-state index in [1.165, 1.54) is 0 Å². The topological polar surface area (TPSA) is 59.2 Å². The minimum Gasteiger partial charge on any atom is -0.507 e. The predicted molar refractivity (Wildman–Crippen MR) is 169 cm³/mol. The van der Waals surface area contributed by atoms with Crippen LogP contribution in [0.4, 0.5) is 0 Å². The predicted octanol–water partition coefficient (Wildman–Crippen LogP) is 9.51. The van der Waals surface area contributed by atoms with Crippen molar-refractivity contribution in [2.45, 2.75) is 26.1 Å². The van der Waals surface area contributed by atoms with Gasteiger partial charge in [0.2, 0.25) is 5.89 Å². The number of phenolic OH excluding ortho intramolecular Hbond substituents is 1. The maximum atomic E-state index is 10.5. The van der Waals surface area contributed by atoms with Crippen LogP contribution in [0.2, 0.25) is 0 Å². The average molecular weight is 744 g/mol. The van der Waals surface area contributed by atoms with Crippen LogP contribution in [-0.2, 0) is 26.5 Å². The quantitative estimate of drug-likeness (QED) is 0.179. The molecule has 0 aliphatic carbocycles. The van der Waals surface area contributed by atoms with Gasteiger partial charge in [0.05, 0.1) is 11.1 Å². The van der Waals surface area contributed by atoms with E-state index >= 15 is 0 Å². The van der Waals surface area contributed by atoms with Crippen molar-refractivity contribution in [2.75, 3.05) is 0 Å². The summed E-state index contributed by atoms with van der Waals surface area (Å²) in [6.45, 7) is 2.05. The molecular weight excluding hydrogens is 712 g/mol. The Morgan fingerprint density at radius 1 is 0.744 bits per heavy atom. The number of fused-ring (bicyclic) bond motifs is 2. The second kappa shape index (κ2) is 11.3. The van der Waals surface area contributed by atoms with Gasteiger partial charge in [-0.15, -0.1) is 34.9 Å². The van der Waals surface area contributed by atoms with Crippen LogP contribution in [0.3, 0.4) is 0 Å². The molecule has 2 heterocycles. The number of aromatic nitrogens is 2. The van der Waals surface area contributed by atoms with Crippen molar-refractivity contribution in [1.29, 1.82) is 0 Å². The van der Waals surface area contributed by atoms with E-state index in [-0.39, 0.29) is 32.4 Å². The van der Waals surface area contributed by atoms with E-state index in [4.69, 9.17) is 13.5 Å². The standard InChI is InChI=1S/C38H29N2O2.Pt/c1-24-19-25-11-10-18-39-35(25)32(20-24)27-21-26(22-29(23-27)38(2,3)28-12-5-4-6-13-28)30-15-9-17-34-36(30)40-37(42-34)31-14-7-8-16-33(31)41;/h4-20,22-23,41H,1-3H3;/q-1;/i1D3;. The smallest absolute Gasteiger partial charge is 0.230 e. The molecule has 0 unspecified atom stereocenters. The van der Waals surface area contributed by atoms with E-state index < -0.39 is 12.3 Å². The third-order valence-electron chi connectivity index (χ3n) is 7.92. The molecule has 2 aromatic heterocycles. The van der Waals surface area contributed by atoms with Crippen molar-refractivity contribution in [3.05, 3.63) is 138 Å². The number of pyridine rings is 1. The Kier molecular flexibility index (Phi) is 6.56. The molecule has 43 heavy (non-hydrogen) atoms. The first-order chi connectivity index (χ1) is 21.6. The summed E-state index contributed by atoms with van der Waals surface area (Å²) in [4.78, 5) is 9.51. The number of rotatable bonds is 5. The van der Waals surface area contributed by atoms with Crippen LogP contribution >= 0.6 is 0 Å². The summed E-state index contributed by atoms with van der Waals surface area (Å²) in [5.74, 6) is 0.400. The van der Waals surface area contributed by atoms with Crippen molar-refractivity contribution in [3.8, 4) is 39.5 Å². The molecule has 7 rings (SSSR count). The van der Waals surface area contributed by atoms with Crippen LogP contribution in [0.15, 0.2) is 120 Å². The minimum atomic E-state index is -2.30. The Morgan fingerprint density at radius 3 is 2.28 bits per heavy atom. The van der Waals surface area contributed by atoms with Gasteiger partial charge in [-0.2, -0.15) is 0 Å². The number of benzene rings is 5. The van der Waals surface area contributed by atoms with Gasteiger partial charge in [0.15, 0.2) is 0 Å². The van der Waals surface area contributed by atoms with Crippen molar-refractivity contribution in [2.24, 2.45) is 0 Å². The summed E-state index contributed by atoms with van der Waals surface area (Å²) in [6.07, 6.45) is 1.72. The number of phenols is 1. The van der Waals surface area contributed by atoms with Gasteiger partial charge in [-0.3, -0.25) is 4.98 Å². The molecule has 4 nitrogen and oxygen atoms in total. The summed E-state index contributed by atoms with van der Waals surface area (Å²) in [5.41, 5.74) is 7.37. The van der Waals surface area contributed by atoms with Gasteiger partial charge in [-0.05, 0) is 42.1 Å². The van der Waals surface area contributed by atoms with E-state index in [2.05, 4.69) is 49.2 Å². The number of aryl methyl sites for hydroxylation is 1. The second-order valence-electron chi connectivity index (χ2n) is 11.0. The Labute approximate surface area is 269 Å². The van der Waals surface area contributed by atoms with E-state index in [0.717, 1.165) is 33.2 Å². The molecule has 1 N–H and O–H groups in total. The largest absolute Gasteiger partial charge is 0.507 e. The SMILES string of the molecule is [2H]C([2H])([2H])c1cc(-c2[c-]c(-c3cccc4oc(-c5ccccc5O)nc34)cc(C(C)(C)c3ccccc3)c2)c2ncccc2c1.[Pt]. The monoisotopic (exact) mass is 743 g/mol. The number of oxazole rings is 1. The fourth-order valence-electron chi connectivity index (χ4n) is 5.58. The van der Waals surface area contributed by atoms with Crippen LogP contribution in [0.5, 0.6) is 5.75 Å². The molecule has 0 aliphatic heterocycles. The number of hydrogen-bond acceptors (Lipinski definition) is 4. The molecular formula is C38H29N2O2Pt-.